The molecule has 1 aliphatic heterocycles. The summed E-state index contributed by atoms with van der Waals surface area (Å²) < 4.78 is 5.73. The molecule has 1 atom stereocenters. The van der Waals surface area contributed by atoms with Gasteiger partial charge in [0, 0.05) is 30.2 Å². The van der Waals surface area contributed by atoms with Crippen LogP contribution in [-0.2, 0) is 4.74 Å². The molecule has 1 heterocycles. The van der Waals surface area contributed by atoms with Crippen LogP contribution in [0.3, 0.4) is 0 Å². The van der Waals surface area contributed by atoms with Gasteiger partial charge < -0.3 is 15.0 Å². The highest BCUT2D eigenvalue weighted by atomic mass is 32.2. The number of nitrogens with one attached hydrogen (secondary N) is 1. The van der Waals surface area contributed by atoms with Crippen LogP contribution in [0.2, 0.25) is 0 Å². The molecule has 0 bridgehead atoms. The maximum atomic E-state index is 5.73. The largest absolute Gasteiger partial charge is 0.381 e. The zero-order valence-corrected chi connectivity index (χ0v) is 11.3. The van der Waals surface area contributed by atoms with Crippen molar-refractivity contribution in [3.05, 3.63) is 24.3 Å². The molecule has 4 heteroatoms. The second-order valence-electron chi connectivity index (χ2n) is 4.34. The number of rotatable bonds is 4. The van der Waals surface area contributed by atoms with E-state index in [9.17, 15) is 0 Å². The maximum Gasteiger partial charge on any atom is 0.0874 e. The Morgan fingerprint density at radius 1 is 1.47 bits per heavy atom. The fraction of sp³-hybridized carbons (Fsp3) is 0.538. The van der Waals surface area contributed by atoms with Gasteiger partial charge >= 0.3 is 0 Å². The zero-order chi connectivity index (χ0) is 12.1. The van der Waals surface area contributed by atoms with Gasteiger partial charge in [0.15, 0.2) is 0 Å². The lowest BCUT2D eigenvalue weighted by Crippen LogP contribution is -2.43. The van der Waals surface area contributed by atoms with Crippen LogP contribution < -0.4 is 5.32 Å². The van der Waals surface area contributed by atoms with Gasteiger partial charge in [-0.2, -0.15) is 0 Å². The number of morpholine rings is 1. The molecule has 1 aromatic rings. The summed E-state index contributed by atoms with van der Waals surface area (Å²) in [6, 6.07) is 8.40. The molecule has 0 aliphatic carbocycles. The monoisotopic (exact) mass is 252 g/mol. The molecule has 3 nitrogen and oxygen atoms in total. The highest BCUT2D eigenvalue weighted by Gasteiger charge is 2.17. The average molecular weight is 252 g/mol. The van der Waals surface area contributed by atoms with Crippen LogP contribution in [0.15, 0.2) is 29.2 Å². The molecule has 2 rings (SSSR count). The summed E-state index contributed by atoms with van der Waals surface area (Å²) in [6.07, 6.45) is 2.40. The molecular formula is C13H20N2OS. The number of ether oxygens (including phenoxy) is 1. The van der Waals surface area contributed by atoms with Gasteiger partial charge in [0.2, 0.25) is 0 Å². The van der Waals surface area contributed by atoms with Crippen molar-refractivity contribution < 1.29 is 4.74 Å². The first-order chi connectivity index (χ1) is 8.29. The number of hydrogen-bond donors (Lipinski definition) is 1. The summed E-state index contributed by atoms with van der Waals surface area (Å²) in [7, 11) is 2.14. The predicted molar refractivity (Wildman–Crippen MR) is 73.9 cm³/mol. The molecule has 1 N–H and O–H groups in total. The summed E-state index contributed by atoms with van der Waals surface area (Å²) in [6.45, 7) is 3.77. The maximum absolute atomic E-state index is 5.73. The van der Waals surface area contributed by atoms with Crippen LogP contribution in [0.4, 0.5) is 5.69 Å². The second-order valence-corrected chi connectivity index (χ2v) is 5.18. The Bertz CT molecular complexity index is 359. The van der Waals surface area contributed by atoms with Crippen molar-refractivity contribution in [3.63, 3.8) is 0 Å². The van der Waals surface area contributed by atoms with Crippen molar-refractivity contribution in [1.82, 2.24) is 4.90 Å². The number of nitrogens with zero attached hydrogens (tertiary/aromatic N) is 1. The normalized spacial score (nSPS) is 21.4. The van der Waals surface area contributed by atoms with Gasteiger partial charge in [-0.05, 0) is 25.4 Å². The van der Waals surface area contributed by atoms with Gasteiger partial charge in [-0.1, -0.05) is 12.1 Å². The van der Waals surface area contributed by atoms with E-state index in [1.165, 1.54) is 10.6 Å². The van der Waals surface area contributed by atoms with E-state index in [1.807, 2.05) is 0 Å². The number of hydrogen-bond acceptors (Lipinski definition) is 4. The van der Waals surface area contributed by atoms with Crippen LogP contribution in [0.1, 0.15) is 0 Å². The van der Waals surface area contributed by atoms with E-state index in [0.717, 1.165) is 26.2 Å². The fourth-order valence-corrected chi connectivity index (χ4v) is 2.58. The van der Waals surface area contributed by atoms with Crippen LogP contribution in [0.25, 0.3) is 0 Å². The predicted octanol–water partition coefficient (Wildman–Crippen LogP) is 2.15. The minimum Gasteiger partial charge on any atom is -0.381 e. The summed E-state index contributed by atoms with van der Waals surface area (Å²) >= 11 is 1.77. The topological polar surface area (TPSA) is 24.5 Å². The van der Waals surface area contributed by atoms with Crippen molar-refractivity contribution in [1.29, 1.82) is 0 Å². The van der Waals surface area contributed by atoms with Crippen LogP contribution >= 0.6 is 11.8 Å². The van der Waals surface area contributed by atoms with E-state index in [1.54, 1.807) is 11.8 Å². The summed E-state index contributed by atoms with van der Waals surface area (Å²) in [5, 5.41) is 3.48. The first-order valence-electron chi connectivity index (χ1n) is 5.96. The smallest absolute Gasteiger partial charge is 0.0874 e. The number of thioether (sulfide) groups is 1. The van der Waals surface area contributed by atoms with Gasteiger partial charge in [0.1, 0.15) is 0 Å². The SMILES string of the molecule is CSc1ccccc1NCC1CN(C)CCO1. The first kappa shape index (κ1) is 12.7. The lowest BCUT2D eigenvalue weighted by atomic mass is 10.2. The Morgan fingerprint density at radius 2 is 2.29 bits per heavy atom. The minimum absolute atomic E-state index is 0.295. The zero-order valence-electron chi connectivity index (χ0n) is 10.5. The third kappa shape index (κ3) is 3.63. The summed E-state index contributed by atoms with van der Waals surface area (Å²) in [5.41, 5.74) is 1.21. The van der Waals surface area contributed by atoms with Crippen molar-refractivity contribution in [2.24, 2.45) is 0 Å². The van der Waals surface area contributed by atoms with Gasteiger partial charge in [-0.15, -0.1) is 11.8 Å². The van der Waals surface area contributed by atoms with E-state index in [-0.39, 0.29) is 0 Å². The quantitative estimate of drug-likeness (QED) is 0.830. The molecule has 1 fully saturated rings. The van der Waals surface area contributed by atoms with Crippen LogP contribution in [0.5, 0.6) is 0 Å². The lowest BCUT2D eigenvalue weighted by molar-refractivity contribution is -0.0117. The first-order valence-corrected chi connectivity index (χ1v) is 7.19. The Morgan fingerprint density at radius 3 is 3.06 bits per heavy atom. The van der Waals surface area contributed by atoms with Crippen molar-refractivity contribution >= 4 is 17.4 Å². The molecule has 0 amide bonds. The van der Waals surface area contributed by atoms with E-state index >= 15 is 0 Å². The van der Waals surface area contributed by atoms with Crippen molar-refractivity contribution in [2.75, 3.05) is 44.9 Å². The van der Waals surface area contributed by atoms with Crippen LogP contribution in [0, 0.1) is 0 Å². The molecule has 17 heavy (non-hydrogen) atoms. The number of benzene rings is 1. The molecule has 0 aromatic heterocycles. The Kier molecular flexibility index (Phi) is 4.71. The molecule has 1 aromatic carbocycles. The molecule has 94 valence electrons. The van der Waals surface area contributed by atoms with Gasteiger partial charge in [-0.3, -0.25) is 0 Å². The minimum atomic E-state index is 0.295. The molecule has 1 unspecified atom stereocenters. The van der Waals surface area contributed by atoms with Gasteiger partial charge in [0.25, 0.3) is 0 Å². The van der Waals surface area contributed by atoms with E-state index in [2.05, 4.69) is 47.8 Å². The second kappa shape index (κ2) is 6.28. The Balaban J connectivity index is 1.88. The van der Waals surface area contributed by atoms with E-state index in [0.29, 0.717) is 6.10 Å². The Labute approximate surface area is 108 Å². The third-order valence-electron chi connectivity index (χ3n) is 2.97. The lowest BCUT2D eigenvalue weighted by Gasteiger charge is -2.30. The average Bonchev–Trinajstić information content (AvgIpc) is 2.37. The summed E-state index contributed by atoms with van der Waals surface area (Å²) in [5.74, 6) is 0. The highest BCUT2D eigenvalue weighted by molar-refractivity contribution is 7.98. The van der Waals surface area contributed by atoms with Crippen molar-refractivity contribution in [3.8, 4) is 0 Å². The highest BCUT2D eigenvalue weighted by Crippen LogP contribution is 2.24. The van der Waals surface area contributed by atoms with Crippen molar-refractivity contribution in [2.45, 2.75) is 11.0 Å². The van der Waals surface area contributed by atoms with E-state index in [4.69, 9.17) is 4.74 Å². The number of anilines is 1. The standard InChI is InChI=1S/C13H20N2OS/c1-15-7-8-16-11(10-15)9-14-12-5-3-4-6-13(12)17-2/h3-6,11,14H,7-10H2,1-2H3. The number of likely N-dealkylation sites (N-methyl/N-ethyl adjacent to an activating group) is 1. The molecular weight excluding hydrogens is 232 g/mol. The third-order valence-corrected chi connectivity index (χ3v) is 3.76. The molecule has 1 saturated heterocycles. The molecule has 1 aliphatic rings. The number of para-hydroxylation sites is 1. The van der Waals surface area contributed by atoms with Crippen LogP contribution in [-0.4, -0.2) is 50.5 Å². The van der Waals surface area contributed by atoms with Gasteiger partial charge in [0.05, 0.1) is 12.7 Å². The molecule has 0 saturated carbocycles. The summed E-state index contributed by atoms with van der Waals surface area (Å²) in [4.78, 5) is 3.60. The Hall–Kier alpha value is -0.710. The van der Waals surface area contributed by atoms with Gasteiger partial charge in [-0.25, -0.2) is 0 Å². The molecule has 0 radical (unpaired) electrons. The van der Waals surface area contributed by atoms with E-state index < -0.39 is 0 Å². The fourth-order valence-electron chi connectivity index (χ4n) is 2.00. The molecule has 0 spiro atoms.